The monoisotopic (exact) mass is 999 g/mol. The maximum atomic E-state index is 13.5. The number of nitrogens with one attached hydrogen (secondary N) is 8. The van der Waals surface area contributed by atoms with Gasteiger partial charge in [-0.1, -0.05) is 26.0 Å². The Morgan fingerprint density at radius 3 is 1.81 bits per heavy atom. The largest absolute Gasteiger partial charge is 0.508 e. The van der Waals surface area contributed by atoms with E-state index in [4.69, 9.17) is 22.9 Å². The highest BCUT2D eigenvalue weighted by molar-refractivity contribution is 7.98. The molecule has 0 aliphatic rings. The number of thioether (sulfide) groups is 1. The van der Waals surface area contributed by atoms with Crippen LogP contribution in [0.4, 0.5) is 0 Å². The van der Waals surface area contributed by atoms with Crippen LogP contribution in [-0.4, -0.2) is 166 Å². The van der Waals surface area contributed by atoms with Crippen molar-refractivity contribution in [3.8, 4) is 5.75 Å². The van der Waals surface area contributed by atoms with Gasteiger partial charge in [-0.3, -0.25) is 52.9 Å². The van der Waals surface area contributed by atoms with Crippen molar-refractivity contribution in [1.82, 2.24) is 42.5 Å². The maximum absolute atomic E-state index is 13.5. The van der Waals surface area contributed by atoms with Gasteiger partial charge in [0.25, 0.3) is 0 Å². The third-order valence-electron chi connectivity index (χ3n) is 9.64. The van der Waals surface area contributed by atoms with E-state index in [9.17, 15) is 63.3 Å². The van der Waals surface area contributed by atoms with E-state index >= 15 is 0 Å². The van der Waals surface area contributed by atoms with Crippen molar-refractivity contribution in [3.63, 3.8) is 0 Å². The van der Waals surface area contributed by atoms with Gasteiger partial charge in [0, 0.05) is 18.7 Å². The molecule has 1 aromatic carbocycles. The fourth-order valence-corrected chi connectivity index (χ4v) is 6.56. The summed E-state index contributed by atoms with van der Waals surface area (Å²) in [6, 6.07) is -5.61. The van der Waals surface area contributed by atoms with Gasteiger partial charge in [0.15, 0.2) is 5.96 Å². The van der Waals surface area contributed by atoms with E-state index in [0.717, 1.165) is 0 Å². The van der Waals surface area contributed by atoms with Gasteiger partial charge in [-0.2, -0.15) is 24.4 Å². The van der Waals surface area contributed by atoms with Crippen LogP contribution >= 0.6 is 24.4 Å². The Hall–Kier alpha value is -6.39. The summed E-state index contributed by atoms with van der Waals surface area (Å²) in [6.07, 6.45) is 1.48. The zero-order chi connectivity index (χ0) is 51.7. The molecule has 0 aliphatic carbocycles. The number of nitrogens with two attached hydrogens (primary N) is 4. The van der Waals surface area contributed by atoms with Crippen molar-refractivity contribution in [1.29, 1.82) is 0 Å². The summed E-state index contributed by atoms with van der Waals surface area (Å²) < 4.78 is 0. The summed E-state index contributed by atoms with van der Waals surface area (Å²) in [5.74, 6) is -10.5. The highest BCUT2D eigenvalue weighted by atomic mass is 32.2. The van der Waals surface area contributed by atoms with Gasteiger partial charge in [-0.05, 0) is 61.8 Å². The average molecular weight is 1000 g/mol. The summed E-state index contributed by atoms with van der Waals surface area (Å²) in [4.78, 5) is 133. The zero-order valence-corrected chi connectivity index (χ0v) is 39.8. The predicted molar refractivity (Wildman–Crippen MR) is 252 cm³/mol. The van der Waals surface area contributed by atoms with Crippen molar-refractivity contribution in [2.45, 2.75) is 101 Å². The molecule has 1 rings (SSSR count). The van der Waals surface area contributed by atoms with E-state index in [1.807, 2.05) is 6.26 Å². The third kappa shape index (κ3) is 22.4. The van der Waals surface area contributed by atoms with E-state index in [-0.39, 0.29) is 43.3 Å². The molecule has 26 nitrogen and oxygen atoms in total. The number of primary amides is 1. The Kier molecular flexibility index (Phi) is 27.0. The fraction of sp³-hybridized carbons (Fsp3) is 0.575. The summed E-state index contributed by atoms with van der Waals surface area (Å²) in [6.45, 7) is 2.50. The number of guanidine groups is 1. The quantitative estimate of drug-likeness (QED) is 0.0143. The van der Waals surface area contributed by atoms with E-state index in [0.29, 0.717) is 17.7 Å². The molecule has 0 radical (unpaired) electrons. The van der Waals surface area contributed by atoms with Crippen molar-refractivity contribution in [2.75, 3.05) is 37.5 Å². The molecule has 0 aliphatic heterocycles. The van der Waals surface area contributed by atoms with Crippen LogP contribution in [0, 0.1) is 5.92 Å². The molecule has 0 saturated carbocycles. The van der Waals surface area contributed by atoms with Gasteiger partial charge < -0.3 is 80.8 Å². The molecule has 380 valence electrons. The number of aliphatic carboxylic acids is 1. The molecule has 0 saturated heterocycles. The molecule has 0 fully saturated rings. The number of amides is 9. The fourth-order valence-electron chi connectivity index (χ4n) is 5.81. The Morgan fingerprint density at radius 1 is 0.706 bits per heavy atom. The lowest BCUT2D eigenvalue weighted by Gasteiger charge is -2.27. The third-order valence-corrected chi connectivity index (χ3v) is 10.7. The Bertz CT molecular complexity index is 1940. The lowest BCUT2D eigenvalue weighted by Crippen LogP contribution is -2.61. The predicted octanol–water partition coefficient (Wildman–Crippen LogP) is -5.86. The molecule has 0 heterocycles. The molecule has 68 heavy (non-hydrogen) atoms. The van der Waals surface area contributed by atoms with E-state index in [1.165, 1.54) is 56.8 Å². The molecular weight excluding hydrogens is 935 g/mol. The minimum absolute atomic E-state index is 0.0491. The first-order valence-electron chi connectivity index (χ1n) is 21.1. The highest BCUT2D eigenvalue weighted by Crippen LogP contribution is 2.12. The Labute approximate surface area is 402 Å². The molecule has 0 bridgehead atoms. The van der Waals surface area contributed by atoms with Crippen molar-refractivity contribution in [3.05, 3.63) is 29.8 Å². The number of hydrogen-bond donors (Lipinski definition) is 16. The number of rotatable bonds is 31. The number of phenols is 1. The number of aliphatic hydroxyl groups excluding tert-OH is 1. The van der Waals surface area contributed by atoms with Gasteiger partial charge in [0.05, 0.1) is 25.6 Å². The number of thiol groups is 1. The standard InChI is InChI=1S/C40H65N13O13S2/c1-19(2)31(38(64)51-27(17-54)37(63)50-25(35(61)47-20(3)39(65)66)14-21-7-9-22(55)10-8-21)53-36(62)26(15-29(42)56)48-30(57)16-46-33(59)28(18-67)52-34(60)24(6-5-12-45-40(43)44)49-32(58)23(41)11-13-68-4/h7-10,19-20,23-28,31,54-55,67H,5-6,11-18,41H2,1-4H3,(H2,42,56)(H,46,59)(H,47,61)(H,48,57)(H,49,58)(H,50,63)(H,51,64)(H,52,60)(H,53,62)(H,65,66)(H4,43,44,45)/t20-,23-,24-,25-,26-,27-,28-,31-/m0/s1. The molecule has 19 N–H and O–H groups in total. The highest BCUT2D eigenvalue weighted by Gasteiger charge is 2.34. The van der Waals surface area contributed by atoms with Gasteiger partial charge in [-0.25, -0.2) is 0 Å². The number of carboxylic acid groups (broad SMARTS) is 1. The molecule has 8 atom stereocenters. The van der Waals surface area contributed by atoms with Crippen LogP contribution < -0.4 is 65.5 Å². The topological polar surface area (TPSA) is 444 Å². The van der Waals surface area contributed by atoms with Crippen molar-refractivity contribution >= 4 is 89.5 Å². The minimum atomic E-state index is -1.73. The number of carbonyl (C=O) groups is 10. The van der Waals surface area contributed by atoms with Crippen LogP contribution in [0.3, 0.4) is 0 Å². The number of benzene rings is 1. The average Bonchev–Trinajstić information content (AvgIpc) is 3.27. The smallest absolute Gasteiger partial charge is 0.325 e. The van der Waals surface area contributed by atoms with Crippen LogP contribution in [0.2, 0.25) is 0 Å². The van der Waals surface area contributed by atoms with Crippen LogP contribution in [-0.2, 0) is 54.4 Å². The Balaban J connectivity index is 3.09. The molecule has 0 spiro atoms. The van der Waals surface area contributed by atoms with Crippen molar-refractivity contribution in [2.24, 2.45) is 33.8 Å². The first-order valence-corrected chi connectivity index (χ1v) is 23.2. The van der Waals surface area contributed by atoms with Gasteiger partial charge >= 0.3 is 5.97 Å². The number of nitrogens with zero attached hydrogens (tertiary/aromatic N) is 1. The van der Waals surface area contributed by atoms with Crippen molar-refractivity contribution < 1.29 is 63.3 Å². The van der Waals surface area contributed by atoms with Gasteiger partial charge in [-0.15, -0.1) is 0 Å². The SMILES string of the molecule is CSCC[C@H](N)C(=O)N[C@@H](CCCN=C(N)N)C(=O)N[C@@H](CS)C(=O)NCC(=O)N[C@@H](CC(N)=O)C(=O)N[C@H](C(=O)N[C@@H](CO)C(=O)N[C@@H](Cc1ccc(O)cc1)C(=O)N[C@@H](C)C(=O)O)C(C)C. The number of aliphatic imine (C=N–C) groups is 1. The maximum Gasteiger partial charge on any atom is 0.325 e. The van der Waals surface area contributed by atoms with E-state index in [1.54, 1.807) is 0 Å². The van der Waals surface area contributed by atoms with Crippen LogP contribution in [0.25, 0.3) is 0 Å². The normalized spacial score (nSPS) is 14.4. The van der Waals surface area contributed by atoms with Crippen LogP contribution in [0.5, 0.6) is 5.75 Å². The van der Waals surface area contributed by atoms with Gasteiger partial charge in [0.2, 0.25) is 53.2 Å². The van der Waals surface area contributed by atoms with Gasteiger partial charge in [0.1, 0.15) is 48.0 Å². The first kappa shape index (κ1) is 59.6. The number of carbonyl (C=O) groups excluding carboxylic acids is 9. The summed E-state index contributed by atoms with van der Waals surface area (Å²) in [7, 11) is 0. The number of phenolic OH excluding ortho intramolecular Hbond substituents is 1. The minimum Gasteiger partial charge on any atom is -0.508 e. The molecular formula is C40H65N13O13S2. The summed E-state index contributed by atoms with van der Waals surface area (Å²) in [5, 5.41) is 47.8. The van der Waals surface area contributed by atoms with Crippen LogP contribution in [0.15, 0.2) is 29.3 Å². The number of carboxylic acids is 1. The zero-order valence-electron chi connectivity index (χ0n) is 38.1. The second kappa shape index (κ2) is 30.8. The molecule has 28 heteroatoms. The summed E-state index contributed by atoms with van der Waals surface area (Å²) >= 11 is 5.60. The lowest BCUT2D eigenvalue weighted by molar-refractivity contribution is -0.142. The molecule has 0 aromatic heterocycles. The summed E-state index contributed by atoms with van der Waals surface area (Å²) in [5.41, 5.74) is 22.5. The first-order chi connectivity index (χ1) is 31.9. The molecule has 0 unspecified atom stereocenters. The number of aliphatic hydroxyl groups is 1. The van der Waals surface area contributed by atoms with E-state index in [2.05, 4.69) is 60.2 Å². The lowest BCUT2D eigenvalue weighted by atomic mass is 10.0. The van der Waals surface area contributed by atoms with E-state index < -0.39 is 133 Å². The number of hydrogen-bond acceptors (Lipinski definition) is 16. The number of aromatic hydroxyl groups is 1. The molecule has 1 aromatic rings. The second-order valence-corrected chi connectivity index (χ2v) is 17.0. The second-order valence-electron chi connectivity index (χ2n) is 15.6. The molecule has 9 amide bonds. The Morgan fingerprint density at radius 2 is 1.26 bits per heavy atom. The van der Waals surface area contributed by atoms with Crippen LogP contribution in [0.1, 0.15) is 52.0 Å².